The number of likely N-dealkylation sites (N-methyl/N-ethyl adjacent to an activating group) is 1. The zero-order valence-electron chi connectivity index (χ0n) is 16.8. The van der Waals surface area contributed by atoms with Gasteiger partial charge in [-0.1, -0.05) is 13.0 Å². The van der Waals surface area contributed by atoms with Gasteiger partial charge in [0.15, 0.2) is 0 Å². The van der Waals surface area contributed by atoms with E-state index in [1.165, 1.54) is 0 Å². The summed E-state index contributed by atoms with van der Waals surface area (Å²) < 4.78 is 0. The second kappa shape index (κ2) is 9.45. The molecule has 5 nitrogen and oxygen atoms in total. The van der Waals surface area contributed by atoms with Crippen molar-refractivity contribution in [3.05, 3.63) is 30.1 Å². The highest BCUT2D eigenvalue weighted by molar-refractivity contribution is 5.79. The fraction of sp³-hybridized carbons (Fsp3) is 0.682. The number of likely N-dealkylation sites (tertiary alicyclic amines) is 1. The van der Waals surface area contributed by atoms with E-state index in [9.17, 15) is 9.59 Å². The Kier molecular flexibility index (Phi) is 7.00. The Bertz CT molecular complexity index is 634. The SMILES string of the molecule is CCCN1C[C@@H](CC(=O)N(C)CCc2cccnc2)C[C@@H]2CC(=O)CC[C@H]21. The first-order valence-electron chi connectivity index (χ1n) is 10.5. The molecule has 1 aliphatic carbocycles. The van der Waals surface area contributed by atoms with Crippen LogP contribution in [0.4, 0.5) is 0 Å². The summed E-state index contributed by atoms with van der Waals surface area (Å²) in [5, 5.41) is 0. The maximum Gasteiger partial charge on any atom is 0.222 e. The van der Waals surface area contributed by atoms with Crippen molar-refractivity contribution in [2.24, 2.45) is 11.8 Å². The van der Waals surface area contributed by atoms with Gasteiger partial charge in [-0.25, -0.2) is 0 Å². The second-order valence-electron chi connectivity index (χ2n) is 8.34. The van der Waals surface area contributed by atoms with E-state index >= 15 is 0 Å². The molecule has 1 saturated heterocycles. The second-order valence-corrected chi connectivity index (χ2v) is 8.34. The maximum absolute atomic E-state index is 12.7. The summed E-state index contributed by atoms with van der Waals surface area (Å²) >= 11 is 0. The molecule has 148 valence electrons. The fourth-order valence-corrected chi connectivity index (χ4v) is 4.83. The number of fused-ring (bicyclic) bond motifs is 1. The molecular weight excluding hydrogens is 338 g/mol. The fourth-order valence-electron chi connectivity index (χ4n) is 4.83. The molecular formula is C22H33N3O2. The van der Waals surface area contributed by atoms with Gasteiger partial charge in [0.2, 0.25) is 5.91 Å². The van der Waals surface area contributed by atoms with Crippen molar-refractivity contribution >= 4 is 11.7 Å². The molecule has 3 rings (SSSR count). The van der Waals surface area contributed by atoms with Gasteiger partial charge in [-0.3, -0.25) is 19.5 Å². The number of carbonyl (C=O) groups excluding carboxylic acids is 2. The molecule has 27 heavy (non-hydrogen) atoms. The Balaban J connectivity index is 1.53. The molecule has 5 heteroatoms. The summed E-state index contributed by atoms with van der Waals surface area (Å²) in [4.78, 5) is 33.2. The molecule has 0 radical (unpaired) electrons. The minimum atomic E-state index is 0.223. The normalized spacial score (nSPS) is 25.9. The van der Waals surface area contributed by atoms with Crippen LogP contribution in [0.5, 0.6) is 0 Å². The van der Waals surface area contributed by atoms with Crippen molar-refractivity contribution in [2.45, 2.75) is 57.9 Å². The topological polar surface area (TPSA) is 53.5 Å². The van der Waals surface area contributed by atoms with Gasteiger partial charge in [-0.2, -0.15) is 0 Å². The molecule has 2 heterocycles. The van der Waals surface area contributed by atoms with Gasteiger partial charge in [-0.15, -0.1) is 0 Å². The van der Waals surface area contributed by atoms with Crippen LogP contribution in [0, 0.1) is 11.8 Å². The predicted molar refractivity (Wildman–Crippen MR) is 106 cm³/mol. The maximum atomic E-state index is 12.7. The molecule has 3 atom stereocenters. The Morgan fingerprint density at radius 1 is 1.41 bits per heavy atom. The van der Waals surface area contributed by atoms with Crippen LogP contribution in [0.1, 0.15) is 51.0 Å². The first-order chi connectivity index (χ1) is 13.1. The molecule has 1 aromatic heterocycles. The average molecular weight is 372 g/mol. The number of hydrogen-bond donors (Lipinski definition) is 0. The minimum absolute atomic E-state index is 0.223. The summed E-state index contributed by atoms with van der Waals surface area (Å²) in [6.07, 6.45) is 9.68. The number of nitrogens with zero attached hydrogens (tertiary/aromatic N) is 3. The summed E-state index contributed by atoms with van der Waals surface area (Å²) in [5.74, 6) is 1.45. The number of amides is 1. The Labute approximate surface area is 163 Å². The van der Waals surface area contributed by atoms with Crippen LogP contribution >= 0.6 is 0 Å². The van der Waals surface area contributed by atoms with E-state index in [4.69, 9.17) is 0 Å². The predicted octanol–water partition coefficient (Wildman–Crippen LogP) is 2.94. The van der Waals surface area contributed by atoms with Crippen molar-refractivity contribution in [3.63, 3.8) is 0 Å². The standard InChI is InChI=1S/C22H33N3O2/c1-3-10-25-16-18(12-19-14-20(26)6-7-21(19)25)13-22(27)24(2)11-8-17-5-4-9-23-15-17/h4-5,9,15,18-19,21H,3,6-8,10-14,16H2,1-2H3/t18-,19-,21-/m1/s1. The summed E-state index contributed by atoms with van der Waals surface area (Å²) in [7, 11) is 1.90. The van der Waals surface area contributed by atoms with Crippen molar-refractivity contribution in [3.8, 4) is 0 Å². The number of piperidine rings is 1. The lowest BCUT2D eigenvalue weighted by molar-refractivity contribution is -0.132. The molecule has 2 aliphatic rings. The monoisotopic (exact) mass is 371 g/mol. The van der Waals surface area contributed by atoms with Crippen molar-refractivity contribution in [1.82, 2.24) is 14.8 Å². The molecule has 0 spiro atoms. The largest absolute Gasteiger partial charge is 0.345 e. The lowest BCUT2D eigenvalue weighted by Crippen LogP contribution is -2.52. The number of Topliss-reactive ketones (excluding diaryl/α,β-unsaturated/α-hetero) is 1. The highest BCUT2D eigenvalue weighted by Gasteiger charge is 2.39. The molecule has 0 bridgehead atoms. The number of carbonyl (C=O) groups is 2. The Hall–Kier alpha value is -1.75. The van der Waals surface area contributed by atoms with Gasteiger partial charge in [0.25, 0.3) is 0 Å². The Morgan fingerprint density at radius 3 is 3.00 bits per heavy atom. The molecule has 1 aromatic rings. The third kappa shape index (κ3) is 5.38. The summed E-state index contributed by atoms with van der Waals surface area (Å²) in [5.41, 5.74) is 1.16. The quantitative estimate of drug-likeness (QED) is 0.739. The van der Waals surface area contributed by atoms with E-state index in [1.807, 2.05) is 24.2 Å². The van der Waals surface area contributed by atoms with Gasteiger partial charge < -0.3 is 4.90 Å². The lowest BCUT2D eigenvalue weighted by atomic mass is 9.73. The van der Waals surface area contributed by atoms with E-state index in [0.29, 0.717) is 36.5 Å². The van der Waals surface area contributed by atoms with Crippen LogP contribution in [0.15, 0.2) is 24.5 Å². The first-order valence-corrected chi connectivity index (χ1v) is 10.5. The Morgan fingerprint density at radius 2 is 2.26 bits per heavy atom. The van der Waals surface area contributed by atoms with E-state index < -0.39 is 0 Å². The van der Waals surface area contributed by atoms with Crippen LogP contribution in [0.2, 0.25) is 0 Å². The van der Waals surface area contributed by atoms with Crippen molar-refractivity contribution in [2.75, 3.05) is 26.7 Å². The van der Waals surface area contributed by atoms with E-state index in [0.717, 1.165) is 57.3 Å². The third-order valence-electron chi connectivity index (χ3n) is 6.21. The number of rotatable bonds is 7. The van der Waals surface area contributed by atoms with Crippen LogP contribution in [0.25, 0.3) is 0 Å². The van der Waals surface area contributed by atoms with E-state index in [2.05, 4.69) is 22.9 Å². The molecule has 0 unspecified atom stereocenters. The van der Waals surface area contributed by atoms with Crippen LogP contribution < -0.4 is 0 Å². The summed E-state index contributed by atoms with van der Waals surface area (Å²) in [6, 6.07) is 4.54. The first kappa shape index (κ1) is 20.0. The number of hydrogen-bond acceptors (Lipinski definition) is 4. The highest BCUT2D eigenvalue weighted by atomic mass is 16.2. The zero-order valence-corrected chi connectivity index (χ0v) is 16.8. The number of aromatic nitrogens is 1. The molecule has 2 fully saturated rings. The van der Waals surface area contributed by atoms with Crippen LogP contribution in [0.3, 0.4) is 0 Å². The minimum Gasteiger partial charge on any atom is -0.345 e. The van der Waals surface area contributed by atoms with Gasteiger partial charge in [0.1, 0.15) is 5.78 Å². The molecule has 0 N–H and O–H groups in total. The van der Waals surface area contributed by atoms with E-state index in [-0.39, 0.29) is 5.91 Å². The summed E-state index contributed by atoms with van der Waals surface area (Å²) in [6.45, 7) is 5.02. The zero-order chi connectivity index (χ0) is 19.2. The molecule has 1 saturated carbocycles. The highest BCUT2D eigenvalue weighted by Crippen LogP contribution is 2.37. The lowest BCUT2D eigenvalue weighted by Gasteiger charge is -2.47. The van der Waals surface area contributed by atoms with Crippen molar-refractivity contribution < 1.29 is 9.59 Å². The number of ketones is 1. The van der Waals surface area contributed by atoms with Crippen molar-refractivity contribution in [1.29, 1.82) is 0 Å². The molecule has 0 aromatic carbocycles. The molecule has 1 amide bonds. The van der Waals surface area contributed by atoms with E-state index in [1.54, 1.807) is 6.20 Å². The molecule has 1 aliphatic heterocycles. The smallest absolute Gasteiger partial charge is 0.222 e. The van der Waals surface area contributed by atoms with Gasteiger partial charge >= 0.3 is 0 Å². The van der Waals surface area contributed by atoms with Crippen LogP contribution in [-0.2, 0) is 16.0 Å². The van der Waals surface area contributed by atoms with Crippen LogP contribution in [-0.4, -0.2) is 59.2 Å². The van der Waals surface area contributed by atoms with Gasteiger partial charge in [0, 0.05) is 57.8 Å². The number of pyridine rings is 1. The third-order valence-corrected chi connectivity index (χ3v) is 6.21. The van der Waals surface area contributed by atoms with Gasteiger partial charge in [0.05, 0.1) is 0 Å². The average Bonchev–Trinajstić information content (AvgIpc) is 2.66. The van der Waals surface area contributed by atoms with Gasteiger partial charge in [-0.05, 0) is 55.7 Å².